The molecule has 0 amide bonds. The molecule has 0 N–H and O–H groups in total. The molecule has 2 aromatic carbocycles. The highest BCUT2D eigenvalue weighted by atomic mass is 19.1. The predicted molar refractivity (Wildman–Crippen MR) is 103 cm³/mol. The number of aromatic nitrogens is 1. The van der Waals surface area contributed by atoms with Crippen molar-refractivity contribution in [1.29, 1.82) is 0 Å². The van der Waals surface area contributed by atoms with E-state index < -0.39 is 11.6 Å². The molecule has 0 aliphatic rings. The number of nitrogens with zero attached hydrogens (tertiary/aromatic N) is 1. The van der Waals surface area contributed by atoms with Crippen molar-refractivity contribution in [3.63, 3.8) is 0 Å². The Balaban J connectivity index is 1.89. The molecule has 1 aromatic heterocycles. The van der Waals surface area contributed by atoms with E-state index in [1.807, 2.05) is 37.3 Å². The number of benzene rings is 2. The summed E-state index contributed by atoms with van der Waals surface area (Å²) in [6, 6.07) is 14.8. The van der Waals surface area contributed by atoms with Crippen LogP contribution in [-0.2, 0) is 13.2 Å². The molecule has 0 fully saturated rings. The third-order valence-electron chi connectivity index (χ3n) is 4.38. The van der Waals surface area contributed by atoms with Crippen molar-refractivity contribution in [3.8, 4) is 5.75 Å². The Labute approximate surface area is 157 Å². The van der Waals surface area contributed by atoms with E-state index in [9.17, 15) is 13.6 Å². The van der Waals surface area contributed by atoms with Crippen LogP contribution >= 0.6 is 0 Å². The van der Waals surface area contributed by atoms with Crippen molar-refractivity contribution in [2.45, 2.75) is 26.9 Å². The first-order chi connectivity index (χ1) is 13.0. The quantitative estimate of drug-likeness (QED) is 0.626. The lowest BCUT2D eigenvalue weighted by molar-refractivity contribution is 0.300. The van der Waals surface area contributed by atoms with Gasteiger partial charge in [0.1, 0.15) is 24.0 Å². The van der Waals surface area contributed by atoms with Gasteiger partial charge in [0.2, 0.25) is 5.56 Å². The van der Waals surface area contributed by atoms with Gasteiger partial charge in [-0.2, -0.15) is 0 Å². The molecule has 1 heterocycles. The normalized spacial score (nSPS) is 10.7. The number of aryl methyl sites for hydroxylation is 1. The van der Waals surface area contributed by atoms with Gasteiger partial charge in [-0.05, 0) is 30.7 Å². The van der Waals surface area contributed by atoms with Gasteiger partial charge in [-0.15, -0.1) is 0 Å². The Morgan fingerprint density at radius 3 is 2.48 bits per heavy atom. The van der Waals surface area contributed by atoms with E-state index in [0.717, 1.165) is 17.3 Å². The highest BCUT2D eigenvalue weighted by molar-refractivity contribution is 6.53. The fourth-order valence-corrected chi connectivity index (χ4v) is 2.90. The Hall–Kier alpha value is -2.89. The van der Waals surface area contributed by atoms with Gasteiger partial charge >= 0.3 is 0 Å². The summed E-state index contributed by atoms with van der Waals surface area (Å²) < 4.78 is 34.2. The maximum atomic E-state index is 13.8. The fourth-order valence-electron chi connectivity index (χ4n) is 2.90. The van der Waals surface area contributed by atoms with E-state index in [0.29, 0.717) is 17.8 Å². The number of hydrogen-bond acceptors (Lipinski definition) is 2. The Morgan fingerprint density at radius 2 is 1.81 bits per heavy atom. The highest BCUT2D eigenvalue weighted by Crippen LogP contribution is 2.15. The molecule has 3 rings (SSSR count). The Morgan fingerprint density at radius 1 is 1.07 bits per heavy atom. The van der Waals surface area contributed by atoms with Crippen LogP contribution < -0.4 is 15.8 Å². The highest BCUT2D eigenvalue weighted by Gasteiger charge is 2.14. The summed E-state index contributed by atoms with van der Waals surface area (Å²) in [6.45, 7) is 3.95. The van der Waals surface area contributed by atoms with E-state index in [1.165, 1.54) is 12.1 Å². The maximum Gasteiger partial charge on any atom is 0.248 e. The number of ether oxygens (including phenoxy) is 1. The molecule has 3 aromatic rings. The first-order valence-corrected chi connectivity index (χ1v) is 8.64. The second-order valence-electron chi connectivity index (χ2n) is 6.25. The lowest BCUT2D eigenvalue weighted by atomic mass is 9.73. The summed E-state index contributed by atoms with van der Waals surface area (Å²) in [6.07, 6.45) is 0. The number of rotatable bonds is 6. The molecule has 0 saturated carbocycles. The first kappa shape index (κ1) is 18.9. The summed E-state index contributed by atoms with van der Waals surface area (Å²) in [5.41, 5.74) is 2.23. The van der Waals surface area contributed by atoms with Crippen LogP contribution in [0.15, 0.2) is 59.4 Å². The molecular formula is C21H19BF2NO2. The molecule has 137 valence electrons. The third-order valence-corrected chi connectivity index (χ3v) is 4.38. The van der Waals surface area contributed by atoms with Crippen LogP contribution in [0.4, 0.5) is 8.78 Å². The van der Waals surface area contributed by atoms with Crippen LogP contribution in [0.1, 0.15) is 16.8 Å². The average Bonchev–Trinajstić information content (AvgIpc) is 2.65. The van der Waals surface area contributed by atoms with Gasteiger partial charge in [0.05, 0.1) is 6.54 Å². The predicted octanol–water partition coefficient (Wildman–Crippen LogP) is 3.44. The van der Waals surface area contributed by atoms with E-state index in [2.05, 4.69) is 0 Å². The molecule has 1 radical (unpaired) electrons. The zero-order chi connectivity index (χ0) is 19.4. The average molecular weight is 366 g/mol. The van der Waals surface area contributed by atoms with Crippen LogP contribution in [0.3, 0.4) is 0 Å². The van der Waals surface area contributed by atoms with Gasteiger partial charge in [-0.25, -0.2) is 8.78 Å². The Bertz CT molecular complexity index is 1000. The van der Waals surface area contributed by atoms with Gasteiger partial charge in [0, 0.05) is 22.8 Å². The van der Waals surface area contributed by atoms with Crippen molar-refractivity contribution >= 4 is 12.7 Å². The SMILES string of the molecule is C[B]c1c(OCc2ccc(F)cc2F)cc(C)n(Cc2ccccc2)c1=O. The van der Waals surface area contributed by atoms with Crippen LogP contribution in [-0.4, -0.2) is 11.8 Å². The van der Waals surface area contributed by atoms with Crippen LogP contribution in [0.2, 0.25) is 6.82 Å². The summed E-state index contributed by atoms with van der Waals surface area (Å²) in [4.78, 5) is 12.9. The van der Waals surface area contributed by atoms with Crippen molar-refractivity contribution in [1.82, 2.24) is 4.57 Å². The number of pyridine rings is 1. The maximum absolute atomic E-state index is 13.8. The van der Waals surface area contributed by atoms with E-state index >= 15 is 0 Å². The first-order valence-electron chi connectivity index (χ1n) is 8.64. The minimum absolute atomic E-state index is 0.0888. The molecule has 0 saturated heterocycles. The summed E-state index contributed by atoms with van der Waals surface area (Å²) in [5.74, 6) is -0.933. The molecule has 27 heavy (non-hydrogen) atoms. The van der Waals surface area contributed by atoms with Gasteiger partial charge in [-0.1, -0.05) is 37.2 Å². The smallest absolute Gasteiger partial charge is 0.248 e. The topological polar surface area (TPSA) is 31.2 Å². The molecule has 0 unspecified atom stereocenters. The standard InChI is InChI=1S/C21H19BF2NO2/c1-14-10-19(27-13-16-8-9-17(23)11-18(16)24)20(22-2)21(26)25(14)12-15-6-4-3-5-7-15/h3-11H,12-13H2,1-2H3. The third kappa shape index (κ3) is 4.27. The fraction of sp³-hybridized carbons (Fsp3) is 0.190. The van der Waals surface area contributed by atoms with Crippen molar-refractivity contribution in [3.05, 3.63) is 93.4 Å². The summed E-state index contributed by atoms with van der Waals surface area (Å²) in [5, 5.41) is 0. The summed E-state index contributed by atoms with van der Waals surface area (Å²) >= 11 is 0. The second kappa shape index (κ2) is 8.21. The zero-order valence-corrected chi connectivity index (χ0v) is 15.2. The van der Waals surface area contributed by atoms with E-state index in [4.69, 9.17) is 4.74 Å². The van der Waals surface area contributed by atoms with Crippen LogP contribution in [0, 0.1) is 18.6 Å². The van der Waals surface area contributed by atoms with Crippen molar-refractivity contribution in [2.75, 3.05) is 0 Å². The molecule has 3 nitrogen and oxygen atoms in total. The molecule has 0 aliphatic heterocycles. The van der Waals surface area contributed by atoms with Gasteiger partial charge in [0.25, 0.3) is 0 Å². The van der Waals surface area contributed by atoms with E-state index in [1.54, 1.807) is 24.7 Å². The lowest BCUT2D eigenvalue weighted by Crippen LogP contribution is -2.39. The molecule has 0 aliphatic carbocycles. The van der Waals surface area contributed by atoms with Crippen molar-refractivity contribution in [2.24, 2.45) is 0 Å². The lowest BCUT2D eigenvalue weighted by Gasteiger charge is -2.16. The molecule has 0 bridgehead atoms. The second-order valence-corrected chi connectivity index (χ2v) is 6.25. The molecule has 0 spiro atoms. The van der Waals surface area contributed by atoms with Gasteiger partial charge in [0.15, 0.2) is 7.28 Å². The van der Waals surface area contributed by atoms with Gasteiger partial charge < -0.3 is 9.30 Å². The summed E-state index contributed by atoms with van der Waals surface area (Å²) in [7, 11) is 1.68. The minimum atomic E-state index is -0.675. The minimum Gasteiger partial charge on any atom is -0.489 e. The molecule has 6 heteroatoms. The monoisotopic (exact) mass is 366 g/mol. The molecule has 0 atom stereocenters. The van der Waals surface area contributed by atoms with Crippen LogP contribution in [0.25, 0.3) is 0 Å². The zero-order valence-electron chi connectivity index (χ0n) is 15.2. The van der Waals surface area contributed by atoms with E-state index in [-0.39, 0.29) is 17.7 Å². The Kier molecular flexibility index (Phi) is 5.74. The van der Waals surface area contributed by atoms with Crippen LogP contribution in [0.5, 0.6) is 5.75 Å². The number of hydrogen-bond donors (Lipinski definition) is 0. The largest absolute Gasteiger partial charge is 0.489 e. The van der Waals surface area contributed by atoms with Crippen molar-refractivity contribution < 1.29 is 13.5 Å². The van der Waals surface area contributed by atoms with Gasteiger partial charge in [-0.3, -0.25) is 4.79 Å². The molecular weight excluding hydrogens is 347 g/mol. The number of halogens is 2.